The van der Waals surface area contributed by atoms with E-state index in [-0.39, 0.29) is 17.7 Å². The van der Waals surface area contributed by atoms with Crippen molar-refractivity contribution in [3.8, 4) is 0 Å². The Hall–Kier alpha value is -2.93. The third kappa shape index (κ3) is 3.23. The highest BCUT2D eigenvalue weighted by Crippen LogP contribution is 2.47. The maximum Gasteiger partial charge on any atom is 0.249 e. The van der Waals surface area contributed by atoms with Crippen LogP contribution < -0.4 is 16.4 Å². The highest BCUT2D eigenvalue weighted by atomic mass is 19.1. The number of hydrogen-bond donors (Lipinski definition) is 3. The Kier molecular flexibility index (Phi) is 5.24. The summed E-state index contributed by atoms with van der Waals surface area (Å²) in [5.41, 5.74) is 7.54. The third-order valence-corrected chi connectivity index (χ3v) is 6.51. The number of likely N-dealkylation sites (tertiary alicyclic amines) is 1. The monoisotopic (exact) mass is 410 g/mol. The molecule has 2 aliphatic heterocycles. The summed E-state index contributed by atoms with van der Waals surface area (Å²) in [6.07, 6.45) is 0.686. The van der Waals surface area contributed by atoms with Gasteiger partial charge in [0.15, 0.2) is 0 Å². The second kappa shape index (κ2) is 7.72. The molecule has 1 fully saturated rings. The zero-order valence-corrected chi connectivity index (χ0v) is 17.2. The van der Waals surface area contributed by atoms with Crippen LogP contribution in [0.1, 0.15) is 37.3 Å². The number of rotatable bonds is 5. The molecular formula is C23H27FN4O2. The summed E-state index contributed by atoms with van der Waals surface area (Å²) < 4.78 is 14.4. The maximum absolute atomic E-state index is 14.4. The fraction of sp³-hybridized carbons (Fsp3) is 0.391. The molecule has 0 aliphatic carbocycles. The van der Waals surface area contributed by atoms with Gasteiger partial charge in [0, 0.05) is 25.2 Å². The molecule has 0 spiro atoms. The molecule has 2 aromatic rings. The zero-order chi connectivity index (χ0) is 21.5. The molecule has 4 N–H and O–H groups in total. The first-order valence-corrected chi connectivity index (χ1v) is 10.3. The number of carbonyl (C=O) groups excluding carboxylic acids is 2. The minimum absolute atomic E-state index is 0.00249. The van der Waals surface area contributed by atoms with E-state index in [1.807, 2.05) is 42.2 Å². The average Bonchev–Trinajstić information content (AvgIpc) is 3.00. The first-order valence-electron chi connectivity index (χ1n) is 10.3. The summed E-state index contributed by atoms with van der Waals surface area (Å²) in [7, 11) is 0. The molecule has 158 valence electrons. The van der Waals surface area contributed by atoms with Crippen molar-refractivity contribution in [3.05, 3.63) is 59.4 Å². The van der Waals surface area contributed by atoms with E-state index in [9.17, 15) is 14.0 Å². The highest BCUT2D eigenvalue weighted by Gasteiger charge is 2.51. The molecule has 4 rings (SSSR count). The van der Waals surface area contributed by atoms with Crippen molar-refractivity contribution >= 4 is 23.2 Å². The summed E-state index contributed by atoms with van der Waals surface area (Å²) in [6, 6.07) is 12.7. The van der Waals surface area contributed by atoms with Crippen molar-refractivity contribution in [1.29, 1.82) is 0 Å². The standard InChI is InChI=1S/C23H27FN4O2/c1-3-26-19-12-15(24)11-18-20(19)27-22(30)23(18,2)28-10-9-16(17(13-28)21(25)29)14-7-5-4-6-8-14/h4-8,11-12,16-17,26H,3,9-10,13H2,1-2H3,(H2,25,29)(H,27,30)/t16?,17?,23-/m0/s1. The molecule has 0 saturated carbocycles. The van der Waals surface area contributed by atoms with Crippen LogP contribution in [0.2, 0.25) is 0 Å². The number of fused-ring (bicyclic) bond motifs is 1. The minimum atomic E-state index is -1.07. The molecule has 2 unspecified atom stereocenters. The van der Waals surface area contributed by atoms with E-state index in [0.717, 1.165) is 5.56 Å². The quantitative estimate of drug-likeness (QED) is 0.707. The molecular weight excluding hydrogens is 383 g/mol. The van der Waals surface area contributed by atoms with E-state index < -0.39 is 17.3 Å². The lowest BCUT2D eigenvalue weighted by Crippen LogP contribution is -2.55. The largest absolute Gasteiger partial charge is 0.384 e. The second-order valence-electron chi connectivity index (χ2n) is 8.19. The van der Waals surface area contributed by atoms with E-state index in [4.69, 9.17) is 5.73 Å². The first kappa shape index (κ1) is 20.3. The van der Waals surface area contributed by atoms with Gasteiger partial charge >= 0.3 is 0 Å². The summed E-state index contributed by atoms with van der Waals surface area (Å²) in [6.45, 7) is 5.25. The fourth-order valence-electron chi connectivity index (χ4n) is 4.87. The van der Waals surface area contributed by atoms with E-state index in [0.29, 0.717) is 43.0 Å². The number of benzene rings is 2. The van der Waals surface area contributed by atoms with Crippen LogP contribution in [-0.4, -0.2) is 36.3 Å². The van der Waals surface area contributed by atoms with Crippen LogP contribution in [0.3, 0.4) is 0 Å². The third-order valence-electron chi connectivity index (χ3n) is 6.51. The molecule has 1 saturated heterocycles. The molecule has 0 bridgehead atoms. The van der Waals surface area contributed by atoms with Gasteiger partial charge in [-0.2, -0.15) is 0 Å². The lowest BCUT2D eigenvalue weighted by atomic mass is 9.77. The van der Waals surface area contributed by atoms with Crippen LogP contribution in [0.4, 0.5) is 15.8 Å². The first-order chi connectivity index (χ1) is 14.4. The molecule has 3 atom stereocenters. The Bertz CT molecular complexity index is 981. The molecule has 30 heavy (non-hydrogen) atoms. The summed E-state index contributed by atoms with van der Waals surface area (Å²) in [5.74, 6) is -1.45. The van der Waals surface area contributed by atoms with Gasteiger partial charge in [0.2, 0.25) is 11.8 Å². The predicted octanol–water partition coefficient (Wildman–Crippen LogP) is 3.02. The van der Waals surface area contributed by atoms with E-state index >= 15 is 0 Å². The van der Waals surface area contributed by atoms with Gasteiger partial charge in [-0.1, -0.05) is 30.3 Å². The van der Waals surface area contributed by atoms with Crippen molar-refractivity contribution in [2.24, 2.45) is 11.7 Å². The van der Waals surface area contributed by atoms with Crippen LogP contribution in [0, 0.1) is 11.7 Å². The topological polar surface area (TPSA) is 87.5 Å². The van der Waals surface area contributed by atoms with Crippen LogP contribution in [0.5, 0.6) is 0 Å². The Balaban J connectivity index is 1.70. The van der Waals surface area contributed by atoms with E-state index in [1.54, 1.807) is 6.92 Å². The van der Waals surface area contributed by atoms with Crippen LogP contribution in [0.25, 0.3) is 0 Å². The van der Waals surface area contributed by atoms with Crippen molar-refractivity contribution in [1.82, 2.24) is 4.90 Å². The van der Waals surface area contributed by atoms with Crippen molar-refractivity contribution in [2.45, 2.75) is 31.7 Å². The Morgan fingerprint density at radius 3 is 2.73 bits per heavy atom. The summed E-state index contributed by atoms with van der Waals surface area (Å²) in [5, 5.41) is 6.05. The molecule has 7 heteroatoms. The SMILES string of the molecule is CCNc1cc(F)cc2c1NC(=O)[C@@]2(C)N1CCC(c2ccccc2)C(C(N)=O)C1. The average molecular weight is 410 g/mol. The van der Waals surface area contributed by atoms with Crippen LogP contribution in [-0.2, 0) is 15.1 Å². The van der Waals surface area contributed by atoms with Crippen LogP contribution >= 0.6 is 0 Å². The number of nitrogens with two attached hydrogens (primary N) is 1. The van der Waals surface area contributed by atoms with Gasteiger partial charge in [-0.3, -0.25) is 14.5 Å². The lowest BCUT2D eigenvalue weighted by molar-refractivity contribution is -0.133. The van der Waals surface area contributed by atoms with Gasteiger partial charge in [0.05, 0.1) is 17.3 Å². The number of halogens is 1. The number of amides is 2. The summed E-state index contributed by atoms with van der Waals surface area (Å²) in [4.78, 5) is 27.4. The van der Waals surface area contributed by atoms with Gasteiger partial charge in [0.1, 0.15) is 11.4 Å². The number of primary amides is 1. The van der Waals surface area contributed by atoms with E-state index in [2.05, 4.69) is 10.6 Å². The van der Waals surface area contributed by atoms with Crippen molar-refractivity contribution < 1.29 is 14.0 Å². The minimum Gasteiger partial charge on any atom is -0.384 e. The van der Waals surface area contributed by atoms with Crippen molar-refractivity contribution in [3.63, 3.8) is 0 Å². The van der Waals surface area contributed by atoms with Gasteiger partial charge in [-0.15, -0.1) is 0 Å². The molecule has 6 nitrogen and oxygen atoms in total. The van der Waals surface area contributed by atoms with Gasteiger partial charge in [0.25, 0.3) is 0 Å². The number of nitrogens with zero attached hydrogens (tertiary/aromatic N) is 1. The Morgan fingerprint density at radius 2 is 2.07 bits per heavy atom. The maximum atomic E-state index is 14.4. The number of piperidine rings is 1. The van der Waals surface area contributed by atoms with Gasteiger partial charge in [-0.25, -0.2) is 4.39 Å². The number of hydrogen-bond acceptors (Lipinski definition) is 4. The fourth-order valence-corrected chi connectivity index (χ4v) is 4.87. The smallest absolute Gasteiger partial charge is 0.249 e. The summed E-state index contributed by atoms with van der Waals surface area (Å²) >= 11 is 0. The number of carbonyl (C=O) groups is 2. The zero-order valence-electron chi connectivity index (χ0n) is 17.2. The highest BCUT2D eigenvalue weighted by molar-refractivity contribution is 6.08. The molecule has 2 aliphatic rings. The van der Waals surface area contributed by atoms with Gasteiger partial charge in [-0.05, 0) is 43.9 Å². The van der Waals surface area contributed by atoms with Crippen LogP contribution in [0.15, 0.2) is 42.5 Å². The Labute approximate surface area is 175 Å². The molecule has 0 aromatic heterocycles. The molecule has 2 amide bonds. The normalized spacial score (nSPS) is 26.2. The lowest BCUT2D eigenvalue weighted by Gasteiger charge is -2.44. The van der Waals surface area contributed by atoms with E-state index in [1.165, 1.54) is 12.1 Å². The Morgan fingerprint density at radius 1 is 1.33 bits per heavy atom. The van der Waals surface area contributed by atoms with Crippen molar-refractivity contribution in [2.75, 3.05) is 30.3 Å². The number of nitrogens with one attached hydrogen (secondary N) is 2. The number of anilines is 2. The molecule has 2 aromatic carbocycles. The van der Waals surface area contributed by atoms with Gasteiger partial charge < -0.3 is 16.4 Å². The molecule has 0 radical (unpaired) electrons. The predicted molar refractivity (Wildman–Crippen MR) is 115 cm³/mol. The molecule has 2 heterocycles. The second-order valence-corrected chi connectivity index (χ2v) is 8.19.